The van der Waals surface area contributed by atoms with Crippen molar-refractivity contribution in [1.29, 1.82) is 0 Å². The summed E-state index contributed by atoms with van der Waals surface area (Å²) in [5.41, 5.74) is 0.0621. The molecule has 3 nitrogen and oxygen atoms in total. The van der Waals surface area contributed by atoms with Gasteiger partial charge < -0.3 is 0 Å². The van der Waals surface area contributed by atoms with Crippen molar-refractivity contribution in [3.63, 3.8) is 0 Å². The first kappa shape index (κ1) is 8.97. The van der Waals surface area contributed by atoms with Crippen LogP contribution in [-0.4, -0.2) is 29.5 Å². The van der Waals surface area contributed by atoms with Crippen LogP contribution in [0.25, 0.3) is 0 Å². The third-order valence-corrected chi connectivity index (χ3v) is 6.32. The standard InChI is InChI=1S/C7H12BrNO2S/c8-6-12(10,11)9-5-4-7(9)2-1-3-7/h1-6H2. The van der Waals surface area contributed by atoms with E-state index >= 15 is 0 Å². The maximum atomic E-state index is 11.5. The number of hydrogen-bond acceptors (Lipinski definition) is 2. The fourth-order valence-corrected chi connectivity index (χ4v) is 4.19. The van der Waals surface area contributed by atoms with Crippen LogP contribution in [-0.2, 0) is 10.0 Å². The fourth-order valence-electron chi connectivity index (χ4n) is 2.10. The van der Waals surface area contributed by atoms with Crippen LogP contribution in [0, 0.1) is 0 Å². The Labute approximate surface area is 81.3 Å². The highest BCUT2D eigenvalue weighted by Crippen LogP contribution is 2.48. The second-order valence-electron chi connectivity index (χ2n) is 3.62. The fraction of sp³-hybridized carbons (Fsp3) is 1.00. The van der Waals surface area contributed by atoms with Gasteiger partial charge in [0.1, 0.15) is 4.66 Å². The predicted octanol–water partition coefficient (Wildman–Crippen LogP) is 1.30. The molecule has 2 rings (SSSR count). The van der Waals surface area contributed by atoms with Gasteiger partial charge in [-0.3, -0.25) is 0 Å². The quantitative estimate of drug-likeness (QED) is 0.696. The molecule has 0 atom stereocenters. The van der Waals surface area contributed by atoms with E-state index in [0.717, 1.165) is 25.8 Å². The highest BCUT2D eigenvalue weighted by molar-refractivity contribution is 9.10. The van der Waals surface area contributed by atoms with Gasteiger partial charge in [0.2, 0.25) is 10.0 Å². The van der Waals surface area contributed by atoms with Crippen LogP contribution in [0.2, 0.25) is 0 Å². The SMILES string of the molecule is O=S(=O)(CBr)N1CCC12CCC2. The number of halogens is 1. The monoisotopic (exact) mass is 253 g/mol. The van der Waals surface area contributed by atoms with Gasteiger partial charge in [0.25, 0.3) is 0 Å². The molecule has 0 amide bonds. The Morgan fingerprint density at radius 3 is 2.25 bits per heavy atom. The minimum Gasteiger partial charge on any atom is -0.211 e. The van der Waals surface area contributed by atoms with Gasteiger partial charge in [-0.2, -0.15) is 4.31 Å². The molecule has 2 aliphatic rings. The summed E-state index contributed by atoms with van der Waals surface area (Å²) in [6.07, 6.45) is 4.39. The van der Waals surface area contributed by atoms with Crippen molar-refractivity contribution in [1.82, 2.24) is 4.31 Å². The third-order valence-electron chi connectivity index (χ3n) is 3.07. The van der Waals surface area contributed by atoms with Crippen molar-refractivity contribution in [3.05, 3.63) is 0 Å². The first-order valence-corrected chi connectivity index (χ1v) is 6.90. The zero-order valence-corrected chi connectivity index (χ0v) is 9.20. The summed E-state index contributed by atoms with van der Waals surface area (Å²) in [7, 11) is -2.98. The first-order valence-electron chi connectivity index (χ1n) is 4.17. The Balaban J connectivity index is 2.16. The van der Waals surface area contributed by atoms with Gasteiger partial charge in [-0.15, -0.1) is 0 Å². The minimum atomic E-state index is -2.98. The maximum absolute atomic E-state index is 11.5. The predicted molar refractivity (Wildman–Crippen MR) is 50.6 cm³/mol. The molecule has 1 heterocycles. The smallest absolute Gasteiger partial charge is 0.211 e. The molecule has 70 valence electrons. The van der Waals surface area contributed by atoms with Gasteiger partial charge in [0, 0.05) is 12.1 Å². The second-order valence-corrected chi connectivity index (χ2v) is 6.82. The summed E-state index contributed by atoms with van der Waals surface area (Å²) in [6, 6.07) is 0. The molecule has 2 fully saturated rings. The van der Waals surface area contributed by atoms with E-state index in [1.165, 1.54) is 6.42 Å². The van der Waals surface area contributed by atoms with Crippen LogP contribution in [0.3, 0.4) is 0 Å². The van der Waals surface area contributed by atoms with E-state index in [-0.39, 0.29) is 10.2 Å². The van der Waals surface area contributed by atoms with Crippen molar-refractivity contribution in [3.8, 4) is 0 Å². The Kier molecular flexibility index (Phi) is 2.01. The molecule has 1 saturated carbocycles. The highest BCUT2D eigenvalue weighted by Gasteiger charge is 2.53. The molecule has 5 heteroatoms. The van der Waals surface area contributed by atoms with Crippen LogP contribution in [0.4, 0.5) is 0 Å². The van der Waals surface area contributed by atoms with Gasteiger partial charge in [-0.25, -0.2) is 8.42 Å². The molecular weight excluding hydrogens is 242 g/mol. The summed E-state index contributed by atoms with van der Waals surface area (Å²) < 4.78 is 24.7. The average molecular weight is 254 g/mol. The molecule has 0 aromatic rings. The van der Waals surface area contributed by atoms with Crippen LogP contribution < -0.4 is 0 Å². The summed E-state index contributed by atoms with van der Waals surface area (Å²) in [5.74, 6) is 0. The Morgan fingerprint density at radius 2 is 2.00 bits per heavy atom. The lowest BCUT2D eigenvalue weighted by Gasteiger charge is -2.57. The van der Waals surface area contributed by atoms with Crippen molar-refractivity contribution < 1.29 is 8.42 Å². The number of sulfonamides is 1. The van der Waals surface area contributed by atoms with E-state index in [4.69, 9.17) is 0 Å². The van der Waals surface area contributed by atoms with Crippen molar-refractivity contribution in [2.75, 3.05) is 11.2 Å². The Bertz CT molecular complexity index is 278. The Morgan fingerprint density at radius 1 is 1.33 bits per heavy atom. The molecule has 1 aliphatic carbocycles. The molecule has 12 heavy (non-hydrogen) atoms. The summed E-state index contributed by atoms with van der Waals surface area (Å²) in [4.78, 5) is 0. The lowest BCUT2D eigenvalue weighted by Crippen LogP contribution is -2.65. The van der Waals surface area contributed by atoms with Gasteiger partial charge in [0.05, 0.1) is 0 Å². The molecule has 0 aromatic heterocycles. The van der Waals surface area contributed by atoms with Gasteiger partial charge in [-0.05, 0) is 25.7 Å². The van der Waals surface area contributed by atoms with Crippen molar-refractivity contribution in [2.45, 2.75) is 31.2 Å². The number of rotatable bonds is 2. The zero-order chi connectivity index (χ0) is 8.82. The van der Waals surface area contributed by atoms with Crippen molar-refractivity contribution >= 4 is 26.0 Å². The topological polar surface area (TPSA) is 37.4 Å². The molecular formula is C7H12BrNO2S. The van der Waals surface area contributed by atoms with Crippen LogP contribution in [0.1, 0.15) is 25.7 Å². The molecule has 0 bridgehead atoms. The normalized spacial score (nSPS) is 28.1. The van der Waals surface area contributed by atoms with Gasteiger partial charge in [-0.1, -0.05) is 15.9 Å². The maximum Gasteiger partial charge on any atom is 0.224 e. The number of alkyl halides is 1. The average Bonchev–Trinajstić information content (AvgIpc) is 1.81. The zero-order valence-electron chi connectivity index (χ0n) is 6.79. The third kappa shape index (κ3) is 1.06. The second kappa shape index (κ2) is 2.69. The van der Waals surface area contributed by atoms with Crippen LogP contribution in [0.5, 0.6) is 0 Å². The number of hydrogen-bond donors (Lipinski definition) is 0. The summed E-state index contributed by atoms with van der Waals surface area (Å²) >= 11 is 3.02. The summed E-state index contributed by atoms with van der Waals surface area (Å²) in [5, 5.41) is 0. The van der Waals surface area contributed by atoms with Gasteiger partial charge in [0.15, 0.2) is 0 Å². The molecule has 0 N–H and O–H groups in total. The lowest BCUT2D eigenvalue weighted by molar-refractivity contribution is -0.00244. The van der Waals surface area contributed by atoms with Crippen molar-refractivity contribution in [2.24, 2.45) is 0 Å². The first-order chi connectivity index (χ1) is 5.61. The Hall–Kier alpha value is 0.390. The van der Waals surface area contributed by atoms with Crippen LogP contribution in [0.15, 0.2) is 0 Å². The van der Waals surface area contributed by atoms with E-state index in [1.807, 2.05) is 0 Å². The number of nitrogens with zero attached hydrogens (tertiary/aromatic N) is 1. The molecule has 0 aromatic carbocycles. The highest BCUT2D eigenvalue weighted by atomic mass is 79.9. The van der Waals surface area contributed by atoms with E-state index in [2.05, 4.69) is 15.9 Å². The van der Waals surface area contributed by atoms with Crippen LogP contribution >= 0.6 is 15.9 Å². The molecule has 1 spiro atoms. The lowest BCUT2D eigenvalue weighted by atomic mass is 9.70. The van der Waals surface area contributed by atoms with E-state index in [0.29, 0.717) is 0 Å². The molecule has 0 radical (unpaired) electrons. The molecule has 0 unspecified atom stereocenters. The molecule has 1 aliphatic heterocycles. The largest absolute Gasteiger partial charge is 0.224 e. The summed E-state index contributed by atoms with van der Waals surface area (Å²) in [6.45, 7) is 0.730. The van der Waals surface area contributed by atoms with E-state index in [9.17, 15) is 8.42 Å². The van der Waals surface area contributed by atoms with Gasteiger partial charge >= 0.3 is 0 Å². The minimum absolute atomic E-state index is 0.0621. The van der Waals surface area contributed by atoms with E-state index in [1.54, 1.807) is 4.31 Å². The molecule has 1 saturated heterocycles. The van der Waals surface area contributed by atoms with E-state index < -0.39 is 10.0 Å².